The van der Waals surface area contributed by atoms with Crippen LogP contribution in [-0.4, -0.2) is 49.7 Å². The van der Waals surface area contributed by atoms with Gasteiger partial charge in [0.2, 0.25) is 0 Å². The topological polar surface area (TPSA) is 76.1 Å². The summed E-state index contributed by atoms with van der Waals surface area (Å²) >= 11 is 0. The number of hydrogen-bond acceptors (Lipinski definition) is 4. The van der Waals surface area contributed by atoms with Crippen LogP contribution in [0.3, 0.4) is 0 Å². The second-order valence-electron chi connectivity index (χ2n) is 4.16. The van der Waals surface area contributed by atoms with Crippen LogP contribution in [0.2, 0.25) is 0 Å². The van der Waals surface area contributed by atoms with Crippen LogP contribution in [0.5, 0.6) is 11.5 Å². The molecule has 108 valence electrons. The van der Waals surface area contributed by atoms with Gasteiger partial charge < -0.3 is 19.5 Å². The van der Waals surface area contributed by atoms with Gasteiger partial charge in [0, 0.05) is 20.2 Å². The molecule has 1 amide bonds. The van der Waals surface area contributed by atoms with Gasteiger partial charge in [-0.05, 0) is 23.8 Å². The number of rotatable bonds is 6. The normalized spacial score (nSPS) is 10.3. The van der Waals surface area contributed by atoms with Crippen molar-refractivity contribution in [2.45, 2.75) is 0 Å². The van der Waals surface area contributed by atoms with E-state index in [0.717, 1.165) is 6.08 Å². The van der Waals surface area contributed by atoms with Crippen molar-refractivity contribution in [3.05, 3.63) is 29.8 Å². The Morgan fingerprint density at radius 3 is 2.55 bits per heavy atom. The Morgan fingerprint density at radius 2 is 2.00 bits per heavy atom. The lowest BCUT2D eigenvalue weighted by Crippen LogP contribution is -2.27. The van der Waals surface area contributed by atoms with Crippen LogP contribution in [0.1, 0.15) is 5.56 Å². The maximum atomic E-state index is 11.4. The molecule has 1 aromatic rings. The third-order valence-electron chi connectivity index (χ3n) is 2.46. The average Bonchev–Trinajstić information content (AvgIpc) is 2.42. The van der Waals surface area contributed by atoms with E-state index in [1.54, 1.807) is 32.3 Å². The minimum absolute atomic E-state index is 0.0896. The molecule has 0 saturated heterocycles. The molecule has 0 unspecified atom stereocenters. The highest BCUT2D eigenvalue weighted by Crippen LogP contribution is 2.28. The van der Waals surface area contributed by atoms with E-state index in [1.807, 2.05) is 0 Å². The van der Waals surface area contributed by atoms with Crippen molar-refractivity contribution in [1.29, 1.82) is 0 Å². The number of carboxylic acids is 1. The molecule has 0 aromatic heterocycles. The van der Waals surface area contributed by atoms with Crippen LogP contribution in [0.15, 0.2) is 24.3 Å². The number of hydrogen-bond donors (Lipinski definition) is 1. The van der Waals surface area contributed by atoms with Crippen LogP contribution in [0, 0.1) is 0 Å². The Labute approximate surface area is 117 Å². The Balaban J connectivity index is 2.83. The number of ether oxygens (including phenoxy) is 2. The van der Waals surface area contributed by atoms with Gasteiger partial charge in [0.05, 0.1) is 7.11 Å². The second kappa shape index (κ2) is 7.18. The number of carbonyl (C=O) groups excluding carboxylic acids is 1. The molecule has 0 aliphatic rings. The van der Waals surface area contributed by atoms with Gasteiger partial charge in [0.25, 0.3) is 5.91 Å². The first kappa shape index (κ1) is 15.6. The fraction of sp³-hybridized carbons (Fsp3) is 0.286. The van der Waals surface area contributed by atoms with Crippen molar-refractivity contribution in [2.75, 3.05) is 27.8 Å². The minimum Gasteiger partial charge on any atom is -0.493 e. The molecule has 0 fully saturated rings. The Bertz CT molecular complexity index is 522. The molecule has 0 spiro atoms. The molecule has 0 aliphatic heterocycles. The lowest BCUT2D eigenvalue weighted by atomic mass is 10.2. The summed E-state index contributed by atoms with van der Waals surface area (Å²) in [6, 6.07) is 4.94. The molecule has 20 heavy (non-hydrogen) atoms. The van der Waals surface area contributed by atoms with Crippen LogP contribution in [0.25, 0.3) is 6.08 Å². The number of likely N-dealkylation sites (N-methyl/N-ethyl adjacent to an activating group) is 1. The first-order chi connectivity index (χ1) is 9.43. The van der Waals surface area contributed by atoms with Gasteiger partial charge in [-0.15, -0.1) is 0 Å². The van der Waals surface area contributed by atoms with E-state index in [4.69, 9.17) is 14.6 Å². The summed E-state index contributed by atoms with van der Waals surface area (Å²) in [4.78, 5) is 23.3. The average molecular weight is 279 g/mol. The van der Waals surface area contributed by atoms with Gasteiger partial charge in [-0.25, -0.2) is 4.79 Å². The molecule has 1 N–H and O–H groups in total. The van der Waals surface area contributed by atoms with Gasteiger partial charge in [0.15, 0.2) is 18.1 Å². The van der Waals surface area contributed by atoms with Crippen molar-refractivity contribution < 1.29 is 24.2 Å². The predicted molar refractivity (Wildman–Crippen MR) is 73.9 cm³/mol. The number of aliphatic carboxylic acids is 1. The highest BCUT2D eigenvalue weighted by Gasteiger charge is 2.09. The number of methoxy groups -OCH3 is 1. The molecule has 0 saturated carbocycles. The quantitative estimate of drug-likeness (QED) is 0.793. The fourth-order valence-electron chi connectivity index (χ4n) is 1.34. The molecule has 0 radical (unpaired) electrons. The molecular formula is C14H17NO5. The molecular weight excluding hydrogens is 262 g/mol. The predicted octanol–water partition coefficient (Wildman–Crippen LogP) is 1.26. The summed E-state index contributed by atoms with van der Waals surface area (Å²) < 4.78 is 10.5. The second-order valence-corrected chi connectivity index (χ2v) is 4.16. The summed E-state index contributed by atoms with van der Waals surface area (Å²) in [6.07, 6.45) is 2.48. The standard InChI is InChI=1S/C14H17NO5/c1-15(2)13(16)9-20-11-6-4-10(5-7-14(17)18)8-12(11)19-3/h4-8H,9H2,1-3H3,(H,17,18)/b7-5+. The summed E-state index contributed by atoms with van der Waals surface area (Å²) in [5, 5.41) is 8.57. The SMILES string of the molecule is COc1cc(/C=C/C(=O)O)ccc1OCC(=O)N(C)C. The fourth-order valence-corrected chi connectivity index (χ4v) is 1.34. The van der Waals surface area contributed by atoms with E-state index >= 15 is 0 Å². The monoisotopic (exact) mass is 279 g/mol. The summed E-state index contributed by atoms with van der Waals surface area (Å²) in [5.41, 5.74) is 0.663. The first-order valence-electron chi connectivity index (χ1n) is 5.86. The Hall–Kier alpha value is -2.50. The number of nitrogens with zero attached hydrogens (tertiary/aromatic N) is 1. The highest BCUT2D eigenvalue weighted by atomic mass is 16.5. The molecule has 6 nitrogen and oxygen atoms in total. The minimum atomic E-state index is -1.03. The number of amides is 1. The van der Waals surface area contributed by atoms with Crippen LogP contribution < -0.4 is 9.47 Å². The van der Waals surface area contributed by atoms with Gasteiger partial charge >= 0.3 is 5.97 Å². The van der Waals surface area contributed by atoms with Crippen molar-refractivity contribution in [3.8, 4) is 11.5 Å². The maximum Gasteiger partial charge on any atom is 0.328 e. The van der Waals surface area contributed by atoms with Crippen molar-refractivity contribution in [1.82, 2.24) is 4.90 Å². The van der Waals surface area contributed by atoms with Crippen molar-refractivity contribution in [3.63, 3.8) is 0 Å². The Kier molecular flexibility index (Phi) is 5.58. The van der Waals surface area contributed by atoms with Crippen molar-refractivity contribution in [2.24, 2.45) is 0 Å². The zero-order chi connectivity index (χ0) is 15.1. The molecule has 6 heteroatoms. The van der Waals surface area contributed by atoms with Gasteiger partial charge in [-0.3, -0.25) is 4.79 Å². The van der Waals surface area contributed by atoms with E-state index < -0.39 is 5.97 Å². The number of carbonyl (C=O) groups is 2. The summed E-state index contributed by atoms with van der Waals surface area (Å²) in [7, 11) is 4.76. The molecule has 1 rings (SSSR count). The van der Waals surface area contributed by atoms with E-state index in [2.05, 4.69) is 0 Å². The van der Waals surface area contributed by atoms with E-state index in [-0.39, 0.29) is 12.5 Å². The third-order valence-corrected chi connectivity index (χ3v) is 2.46. The zero-order valence-electron chi connectivity index (χ0n) is 11.6. The first-order valence-corrected chi connectivity index (χ1v) is 5.86. The summed E-state index contributed by atoms with van der Waals surface area (Å²) in [5.74, 6) is -0.331. The molecule has 1 aromatic carbocycles. The molecule has 0 bridgehead atoms. The largest absolute Gasteiger partial charge is 0.493 e. The highest BCUT2D eigenvalue weighted by molar-refractivity contribution is 5.85. The van der Waals surface area contributed by atoms with Gasteiger partial charge in [-0.2, -0.15) is 0 Å². The maximum absolute atomic E-state index is 11.4. The number of benzene rings is 1. The van der Waals surface area contributed by atoms with E-state index in [9.17, 15) is 9.59 Å². The third kappa shape index (κ3) is 4.64. The Morgan fingerprint density at radius 1 is 1.30 bits per heavy atom. The molecule has 0 atom stereocenters. The lowest BCUT2D eigenvalue weighted by molar-refractivity contribution is -0.132. The van der Waals surface area contributed by atoms with Crippen molar-refractivity contribution >= 4 is 18.0 Å². The zero-order valence-corrected chi connectivity index (χ0v) is 11.6. The van der Waals surface area contributed by atoms with Crippen LogP contribution >= 0.6 is 0 Å². The van der Waals surface area contributed by atoms with Gasteiger partial charge in [-0.1, -0.05) is 6.07 Å². The van der Waals surface area contributed by atoms with Crippen LogP contribution in [-0.2, 0) is 9.59 Å². The van der Waals surface area contributed by atoms with E-state index in [1.165, 1.54) is 18.1 Å². The van der Waals surface area contributed by atoms with E-state index in [0.29, 0.717) is 17.1 Å². The summed E-state index contributed by atoms with van der Waals surface area (Å²) in [6.45, 7) is -0.0896. The van der Waals surface area contributed by atoms with Gasteiger partial charge in [0.1, 0.15) is 0 Å². The lowest BCUT2D eigenvalue weighted by Gasteiger charge is -2.13. The number of carboxylic acid groups (broad SMARTS) is 1. The molecule has 0 heterocycles. The molecule has 0 aliphatic carbocycles. The van der Waals surface area contributed by atoms with Crippen LogP contribution in [0.4, 0.5) is 0 Å². The smallest absolute Gasteiger partial charge is 0.328 e.